The summed E-state index contributed by atoms with van der Waals surface area (Å²) < 4.78 is 5.67. The lowest BCUT2D eigenvalue weighted by Crippen LogP contribution is -2.19. The number of hydrogen-bond acceptors (Lipinski definition) is 4. The summed E-state index contributed by atoms with van der Waals surface area (Å²) in [5.74, 6) is 0.844. The molecule has 0 aliphatic heterocycles. The van der Waals surface area contributed by atoms with Crippen molar-refractivity contribution in [2.24, 2.45) is 0 Å². The zero-order valence-corrected chi connectivity index (χ0v) is 14.6. The third kappa shape index (κ3) is 3.74. The highest BCUT2D eigenvalue weighted by Gasteiger charge is 2.26. The SMILES string of the molecule is CN(C)CCOc1ccc(N(C=O)c2c[nH]c3c2C(=O)CCC3)cc1. The fourth-order valence-corrected chi connectivity index (χ4v) is 3.01. The Balaban J connectivity index is 1.79. The van der Waals surface area contributed by atoms with Gasteiger partial charge in [-0.1, -0.05) is 0 Å². The van der Waals surface area contributed by atoms with Crippen molar-refractivity contribution in [1.29, 1.82) is 0 Å². The number of nitrogens with one attached hydrogen (secondary N) is 1. The first-order chi connectivity index (χ1) is 12.1. The van der Waals surface area contributed by atoms with E-state index in [1.54, 1.807) is 6.20 Å². The second kappa shape index (κ2) is 7.53. The number of benzene rings is 1. The molecule has 1 amide bonds. The maximum atomic E-state index is 12.3. The van der Waals surface area contributed by atoms with Crippen molar-refractivity contribution in [2.45, 2.75) is 19.3 Å². The second-order valence-electron chi connectivity index (χ2n) is 6.43. The van der Waals surface area contributed by atoms with Crippen LogP contribution in [0.15, 0.2) is 30.5 Å². The maximum absolute atomic E-state index is 12.3. The van der Waals surface area contributed by atoms with Crippen LogP contribution in [0.4, 0.5) is 11.4 Å². The average Bonchev–Trinajstić information content (AvgIpc) is 3.02. The Morgan fingerprint density at radius 1 is 1.20 bits per heavy atom. The van der Waals surface area contributed by atoms with E-state index in [4.69, 9.17) is 4.74 Å². The van der Waals surface area contributed by atoms with Crippen molar-refractivity contribution >= 4 is 23.6 Å². The molecular formula is C19H23N3O3. The Hall–Kier alpha value is -2.60. The number of Topliss-reactive ketones (excluding diaryl/α,β-unsaturated/α-hetero) is 1. The zero-order chi connectivity index (χ0) is 17.8. The fraction of sp³-hybridized carbons (Fsp3) is 0.368. The Morgan fingerprint density at radius 2 is 1.96 bits per heavy atom. The first kappa shape index (κ1) is 17.2. The van der Waals surface area contributed by atoms with E-state index in [-0.39, 0.29) is 5.78 Å². The lowest BCUT2D eigenvalue weighted by Gasteiger charge is -2.20. The van der Waals surface area contributed by atoms with Crippen molar-refractivity contribution in [3.63, 3.8) is 0 Å². The monoisotopic (exact) mass is 341 g/mol. The summed E-state index contributed by atoms with van der Waals surface area (Å²) in [6, 6.07) is 7.32. The van der Waals surface area contributed by atoms with Gasteiger partial charge in [-0.25, -0.2) is 0 Å². The van der Waals surface area contributed by atoms with E-state index < -0.39 is 0 Å². The largest absolute Gasteiger partial charge is 0.492 e. The van der Waals surface area contributed by atoms with Gasteiger partial charge in [0.15, 0.2) is 5.78 Å². The van der Waals surface area contributed by atoms with Crippen molar-refractivity contribution in [2.75, 3.05) is 32.1 Å². The quantitative estimate of drug-likeness (QED) is 0.787. The van der Waals surface area contributed by atoms with Crippen LogP contribution in [0.5, 0.6) is 5.75 Å². The lowest BCUT2D eigenvalue weighted by atomic mass is 9.95. The van der Waals surface area contributed by atoms with E-state index in [1.807, 2.05) is 38.4 Å². The van der Waals surface area contributed by atoms with E-state index in [0.717, 1.165) is 37.2 Å². The summed E-state index contributed by atoms with van der Waals surface area (Å²) in [6.45, 7) is 1.43. The normalized spacial score (nSPS) is 13.6. The minimum atomic E-state index is 0.0907. The number of anilines is 2. The molecule has 1 aromatic heterocycles. The number of H-pyrrole nitrogens is 1. The number of likely N-dealkylation sites (N-methyl/N-ethyl adjacent to an activating group) is 1. The zero-order valence-electron chi connectivity index (χ0n) is 14.6. The van der Waals surface area contributed by atoms with E-state index in [2.05, 4.69) is 9.88 Å². The molecule has 0 saturated carbocycles. The van der Waals surface area contributed by atoms with E-state index in [1.165, 1.54) is 4.90 Å². The molecule has 0 radical (unpaired) electrons. The van der Waals surface area contributed by atoms with Crippen LogP contribution >= 0.6 is 0 Å². The first-order valence-electron chi connectivity index (χ1n) is 8.45. The smallest absolute Gasteiger partial charge is 0.218 e. The van der Waals surface area contributed by atoms with Gasteiger partial charge in [0.1, 0.15) is 12.4 Å². The van der Waals surface area contributed by atoms with Crippen molar-refractivity contribution in [3.8, 4) is 5.75 Å². The van der Waals surface area contributed by atoms with Gasteiger partial charge in [0.25, 0.3) is 0 Å². The molecular weight excluding hydrogens is 318 g/mol. The maximum Gasteiger partial charge on any atom is 0.218 e. The summed E-state index contributed by atoms with van der Waals surface area (Å²) >= 11 is 0. The summed E-state index contributed by atoms with van der Waals surface area (Å²) in [6.07, 6.45) is 4.71. The third-order valence-corrected chi connectivity index (χ3v) is 4.34. The number of carbonyl (C=O) groups excluding carboxylic acids is 2. The number of aromatic nitrogens is 1. The Labute approximate surface area is 147 Å². The van der Waals surface area contributed by atoms with Gasteiger partial charge < -0.3 is 14.6 Å². The van der Waals surface area contributed by atoms with Gasteiger partial charge in [-0.05, 0) is 51.2 Å². The minimum Gasteiger partial charge on any atom is -0.492 e. The molecule has 1 aromatic carbocycles. The molecule has 6 nitrogen and oxygen atoms in total. The highest BCUT2D eigenvalue weighted by atomic mass is 16.5. The van der Waals surface area contributed by atoms with Crippen molar-refractivity contribution < 1.29 is 14.3 Å². The number of aromatic amines is 1. The molecule has 25 heavy (non-hydrogen) atoms. The molecule has 1 aliphatic rings. The molecule has 1 N–H and O–H groups in total. The average molecular weight is 341 g/mol. The Bertz CT molecular complexity index is 750. The van der Waals surface area contributed by atoms with Gasteiger partial charge in [0, 0.05) is 30.5 Å². The number of fused-ring (bicyclic) bond motifs is 1. The lowest BCUT2D eigenvalue weighted by molar-refractivity contribution is -0.106. The predicted molar refractivity (Wildman–Crippen MR) is 96.8 cm³/mol. The molecule has 132 valence electrons. The van der Waals surface area contributed by atoms with E-state index in [9.17, 15) is 9.59 Å². The number of amides is 1. The van der Waals surface area contributed by atoms with Crippen LogP contribution in [0.25, 0.3) is 0 Å². The molecule has 0 saturated heterocycles. The number of hydrogen-bond donors (Lipinski definition) is 1. The van der Waals surface area contributed by atoms with Gasteiger partial charge in [-0.2, -0.15) is 0 Å². The van der Waals surface area contributed by atoms with Gasteiger partial charge in [0.05, 0.1) is 11.3 Å². The van der Waals surface area contributed by atoms with Crippen LogP contribution in [-0.2, 0) is 11.2 Å². The van der Waals surface area contributed by atoms with Crippen LogP contribution in [0.1, 0.15) is 28.9 Å². The molecule has 1 heterocycles. The number of rotatable bonds is 7. The van der Waals surface area contributed by atoms with Crippen LogP contribution in [-0.4, -0.2) is 49.3 Å². The summed E-state index contributed by atoms with van der Waals surface area (Å²) in [7, 11) is 3.99. The number of nitrogens with zero attached hydrogens (tertiary/aromatic N) is 2. The van der Waals surface area contributed by atoms with Crippen LogP contribution < -0.4 is 9.64 Å². The molecule has 0 fully saturated rings. The van der Waals surface area contributed by atoms with Gasteiger partial charge in [-0.3, -0.25) is 14.5 Å². The molecule has 0 atom stereocenters. The second-order valence-corrected chi connectivity index (χ2v) is 6.43. The van der Waals surface area contributed by atoms with Crippen LogP contribution in [0.3, 0.4) is 0 Å². The molecule has 1 aliphatic carbocycles. The van der Waals surface area contributed by atoms with Crippen LogP contribution in [0, 0.1) is 0 Å². The highest BCUT2D eigenvalue weighted by molar-refractivity contribution is 6.06. The Kier molecular flexibility index (Phi) is 5.19. The van der Waals surface area contributed by atoms with Crippen molar-refractivity contribution in [1.82, 2.24) is 9.88 Å². The van der Waals surface area contributed by atoms with Gasteiger partial charge >= 0.3 is 0 Å². The van der Waals surface area contributed by atoms with Gasteiger partial charge in [-0.15, -0.1) is 0 Å². The number of ether oxygens (including phenoxy) is 1. The van der Waals surface area contributed by atoms with Crippen LogP contribution in [0.2, 0.25) is 0 Å². The Morgan fingerprint density at radius 3 is 2.64 bits per heavy atom. The summed E-state index contributed by atoms with van der Waals surface area (Å²) in [4.78, 5) is 30.6. The van der Waals surface area contributed by atoms with E-state index >= 15 is 0 Å². The van der Waals surface area contributed by atoms with Gasteiger partial charge in [0.2, 0.25) is 6.41 Å². The fourth-order valence-electron chi connectivity index (χ4n) is 3.01. The molecule has 0 bridgehead atoms. The summed E-state index contributed by atoms with van der Waals surface area (Å²) in [5.41, 5.74) is 2.89. The standard InChI is InChI=1S/C19H23N3O3/c1-21(2)10-11-25-15-8-6-14(7-9-15)22(13-23)17-12-20-16-4-3-5-18(24)19(16)17/h6-9,12-13,20H,3-5,10-11H2,1-2H3. The molecule has 0 unspecified atom stereocenters. The van der Waals surface area contributed by atoms with Crippen molar-refractivity contribution in [3.05, 3.63) is 41.7 Å². The molecule has 0 spiro atoms. The highest BCUT2D eigenvalue weighted by Crippen LogP contribution is 2.34. The summed E-state index contributed by atoms with van der Waals surface area (Å²) in [5, 5.41) is 0. The van der Waals surface area contributed by atoms with E-state index in [0.29, 0.717) is 30.0 Å². The number of aryl methyl sites for hydroxylation is 1. The number of carbonyl (C=O) groups is 2. The minimum absolute atomic E-state index is 0.0907. The number of ketones is 1. The molecule has 3 rings (SSSR count). The predicted octanol–water partition coefficient (Wildman–Crippen LogP) is 2.77. The first-order valence-corrected chi connectivity index (χ1v) is 8.45. The third-order valence-electron chi connectivity index (χ3n) is 4.34. The molecule has 6 heteroatoms. The topological polar surface area (TPSA) is 65.6 Å². The molecule has 2 aromatic rings.